The second kappa shape index (κ2) is 3.21. The van der Waals surface area contributed by atoms with Gasteiger partial charge in [-0.15, -0.1) is 5.10 Å². The molecule has 0 aliphatic carbocycles. The average molecular weight is 170 g/mol. The number of esters is 1. The van der Waals surface area contributed by atoms with Crippen LogP contribution in [-0.2, 0) is 11.8 Å². The van der Waals surface area contributed by atoms with E-state index in [1.54, 1.807) is 14.0 Å². The van der Waals surface area contributed by atoms with Gasteiger partial charge in [0.05, 0.1) is 6.61 Å². The summed E-state index contributed by atoms with van der Waals surface area (Å²) in [6.07, 6.45) is 0. The first-order valence-corrected chi connectivity index (χ1v) is 3.49. The Hall–Kier alpha value is -1.59. The molecule has 6 heteroatoms. The van der Waals surface area contributed by atoms with E-state index in [-0.39, 0.29) is 11.5 Å². The van der Waals surface area contributed by atoms with Crippen molar-refractivity contribution in [2.75, 3.05) is 12.3 Å². The first-order chi connectivity index (χ1) is 5.66. The van der Waals surface area contributed by atoms with Crippen LogP contribution in [0.4, 0.5) is 5.82 Å². The van der Waals surface area contributed by atoms with Crippen molar-refractivity contribution in [2.24, 2.45) is 7.05 Å². The molecule has 2 N–H and O–H groups in total. The molecule has 1 aromatic heterocycles. The lowest BCUT2D eigenvalue weighted by Crippen LogP contribution is -2.08. The number of carbonyl (C=O) groups is 1. The van der Waals surface area contributed by atoms with Gasteiger partial charge in [0.2, 0.25) is 5.69 Å². The minimum Gasteiger partial charge on any atom is -0.461 e. The number of aryl methyl sites for hydroxylation is 1. The lowest BCUT2D eigenvalue weighted by atomic mass is 10.4. The second-order valence-corrected chi connectivity index (χ2v) is 2.17. The van der Waals surface area contributed by atoms with Crippen molar-refractivity contribution in [3.05, 3.63) is 5.69 Å². The third-order valence-corrected chi connectivity index (χ3v) is 1.34. The molecule has 0 radical (unpaired) electrons. The molecule has 0 aliphatic heterocycles. The van der Waals surface area contributed by atoms with Crippen molar-refractivity contribution in [1.29, 1.82) is 0 Å². The molecule has 0 aromatic carbocycles. The molecule has 0 atom stereocenters. The van der Waals surface area contributed by atoms with Gasteiger partial charge in [-0.1, -0.05) is 5.21 Å². The van der Waals surface area contributed by atoms with Crippen LogP contribution in [0.1, 0.15) is 17.4 Å². The summed E-state index contributed by atoms with van der Waals surface area (Å²) in [6.45, 7) is 2.01. The van der Waals surface area contributed by atoms with Crippen molar-refractivity contribution in [3.63, 3.8) is 0 Å². The first kappa shape index (κ1) is 8.51. The summed E-state index contributed by atoms with van der Waals surface area (Å²) in [7, 11) is 1.60. The summed E-state index contributed by atoms with van der Waals surface area (Å²) in [4.78, 5) is 11.1. The van der Waals surface area contributed by atoms with E-state index >= 15 is 0 Å². The van der Waals surface area contributed by atoms with Gasteiger partial charge in [0.15, 0.2) is 5.82 Å². The van der Waals surface area contributed by atoms with Gasteiger partial charge in [0.1, 0.15) is 0 Å². The summed E-state index contributed by atoms with van der Waals surface area (Å²) < 4.78 is 6.00. The number of nitrogen functional groups attached to an aromatic ring is 1. The molecule has 0 spiro atoms. The quantitative estimate of drug-likeness (QED) is 0.609. The molecule has 1 heterocycles. The zero-order chi connectivity index (χ0) is 9.14. The number of carbonyl (C=O) groups excluding carboxylic acids is 1. The average Bonchev–Trinajstić information content (AvgIpc) is 2.34. The molecule has 0 saturated carbocycles. The standard InChI is InChI=1S/C6H10N4O2/c1-3-12-6(11)4-5(7)10(2)9-8-4/h3,7H2,1-2H3. The van der Waals surface area contributed by atoms with Gasteiger partial charge in [0.25, 0.3) is 0 Å². The van der Waals surface area contributed by atoms with Crippen LogP contribution in [0.25, 0.3) is 0 Å². The van der Waals surface area contributed by atoms with E-state index in [1.165, 1.54) is 4.68 Å². The minimum absolute atomic E-state index is 0.0688. The normalized spacial score (nSPS) is 9.83. The van der Waals surface area contributed by atoms with E-state index in [0.717, 1.165) is 0 Å². The summed E-state index contributed by atoms with van der Waals surface area (Å²) >= 11 is 0. The van der Waals surface area contributed by atoms with Crippen LogP contribution in [0.2, 0.25) is 0 Å². The highest BCUT2D eigenvalue weighted by Gasteiger charge is 2.16. The first-order valence-electron chi connectivity index (χ1n) is 3.49. The number of nitrogens with two attached hydrogens (primary N) is 1. The van der Waals surface area contributed by atoms with E-state index < -0.39 is 5.97 Å². The van der Waals surface area contributed by atoms with Crippen molar-refractivity contribution in [3.8, 4) is 0 Å². The maximum Gasteiger partial charge on any atom is 0.362 e. The summed E-state index contributed by atoms with van der Waals surface area (Å²) in [6, 6.07) is 0. The third-order valence-electron chi connectivity index (χ3n) is 1.34. The Labute approximate surface area is 69.3 Å². The Bertz CT molecular complexity index is 294. The summed E-state index contributed by atoms with van der Waals surface area (Å²) in [5.41, 5.74) is 5.54. The maximum absolute atomic E-state index is 11.1. The van der Waals surface area contributed by atoms with Crippen LogP contribution in [-0.4, -0.2) is 27.6 Å². The number of ether oxygens (including phenoxy) is 1. The number of nitrogens with zero attached hydrogens (tertiary/aromatic N) is 3. The fourth-order valence-electron chi connectivity index (χ4n) is 0.709. The van der Waals surface area contributed by atoms with Crippen LogP contribution in [0.15, 0.2) is 0 Å². The Morgan fingerprint density at radius 3 is 2.83 bits per heavy atom. The van der Waals surface area contributed by atoms with E-state index in [4.69, 9.17) is 5.73 Å². The van der Waals surface area contributed by atoms with Gasteiger partial charge >= 0.3 is 5.97 Å². The van der Waals surface area contributed by atoms with Crippen LogP contribution < -0.4 is 5.73 Å². The molecule has 1 aromatic rings. The lowest BCUT2D eigenvalue weighted by Gasteiger charge is -1.97. The minimum atomic E-state index is -0.539. The van der Waals surface area contributed by atoms with Crippen LogP contribution in [0.3, 0.4) is 0 Å². The Morgan fingerprint density at radius 2 is 2.42 bits per heavy atom. The third kappa shape index (κ3) is 1.36. The Morgan fingerprint density at radius 1 is 1.75 bits per heavy atom. The highest BCUT2D eigenvalue weighted by molar-refractivity contribution is 5.91. The maximum atomic E-state index is 11.1. The van der Waals surface area contributed by atoms with Crippen LogP contribution in [0.5, 0.6) is 0 Å². The fraction of sp³-hybridized carbons (Fsp3) is 0.500. The monoisotopic (exact) mass is 170 g/mol. The molecule has 6 nitrogen and oxygen atoms in total. The van der Waals surface area contributed by atoms with Gasteiger partial charge in [-0.05, 0) is 6.92 Å². The van der Waals surface area contributed by atoms with Crippen molar-refractivity contribution in [1.82, 2.24) is 15.0 Å². The number of rotatable bonds is 2. The second-order valence-electron chi connectivity index (χ2n) is 2.17. The van der Waals surface area contributed by atoms with Gasteiger partial charge in [-0.25, -0.2) is 9.48 Å². The fourth-order valence-corrected chi connectivity index (χ4v) is 0.709. The molecule has 1 rings (SSSR count). The molecule has 0 amide bonds. The molecule has 0 aliphatic rings. The zero-order valence-electron chi connectivity index (χ0n) is 6.94. The smallest absolute Gasteiger partial charge is 0.362 e. The predicted octanol–water partition coefficient (Wildman–Crippen LogP) is -0.426. The largest absolute Gasteiger partial charge is 0.461 e. The lowest BCUT2D eigenvalue weighted by molar-refractivity contribution is 0.0520. The predicted molar refractivity (Wildman–Crippen MR) is 41.4 cm³/mol. The number of hydrogen-bond acceptors (Lipinski definition) is 5. The van der Waals surface area contributed by atoms with Crippen LogP contribution >= 0.6 is 0 Å². The summed E-state index contributed by atoms with van der Waals surface area (Å²) in [5.74, 6) is -0.323. The van der Waals surface area contributed by atoms with Crippen molar-refractivity contribution in [2.45, 2.75) is 6.92 Å². The molecular weight excluding hydrogens is 160 g/mol. The summed E-state index contributed by atoms with van der Waals surface area (Å²) in [5, 5.41) is 7.11. The van der Waals surface area contributed by atoms with Gasteiger partial charge in [-0.3, -0.25) is 0 Å². The molecule has 66 valence electrons. The Balaban J connectivity index is 2.88. The van der Waals surface area contributed by atoms with Crippen molar-refractivity contribution >= 4 is 11.8 Å². The zero-order valence-corrected chi connectivity index (χ0v) is 6.94. The molecule has 0 fully saturated rings. The van der Waals surface area contributed by atoms with Gasteiger partial charge < -0.3 is 10.5 Å². The highest BCUT2D eigenvalue weighted by atomic mass is 16.5. The highest BCUT2D eigenvalue weighted by Crippen LogP contribution is 2.06. The van der Waals surface area contributed by atoms with E-state index in [0.29, 0.717) is 6.61 Å². The van der Waals surface area contributed by atoms with Gasteiger partial charge in [-0.2, -0.15) is 0 Å². The molecule has 0 unspecified atom stereocenters. The van der Waals surface area contributed by atoms with Crippen molar-refractivity contribution < 1.29 is 9.53 Å². The molecular formula is C6H10N4O2. The SMILES string of the molecule is CCOC(=O)c1nnn(C)c1N. The Kier molecular flexibility index (Phi) is 2.27. The molecule has 12 heavy (non-hydrogen) atoms. The number of anilines is 1. The van der Waals surface area contributed by atoms with Crippen LogP contribution in [0, 0.1) is 0 Å². The van der Waals surface area contributed by atoms with E-state index in [2.05, 4.69) is 15.0 Å². The van der Waals surface area contributed by atoms with E-state index in [9.17, 15) is 4.79 Å². The molecule has 0 saturated heterocycles. The molecule has 0 bridgehead atoms. The number of aromatic nitrogens is 3. The topological polar surface area (TPSA) is 83.0 Å². The van der Waals surface area contributed by atoms with E-state index in [1.807, 2.05) is 0 Å². The van der Waals surface area contributed by atoms with Gasteiger partial charge in [0, 0.05) is 7.05 Å². The number of hydrogen-bond donors (Lipinski definition) is 1.